The van der Waals surface area contributed by atoms with Crippen molar-refractivity contribution in [3.63, 3.8) is 0 Å². The van der Waals surface area contributed by atoms with Gasteiger partial charge in [-0.25, -0.2) is 0 Å². The number of benzene rings is 5. The molecule has 2 unspecified atom stereocenters. The van der Waals surface area contributed by atoms with Crippen LogP contribution in [0.2, 0.25) is 0 Å². The number of phenols is 1. The molecule has 0 aliphatic rings. The predicted octanol–water partition coefficient (Wildman–Crippen LogP) is 6.68. The summed E-state index contributed by atoms with van der Waals surface area (Å²) in [6, 6.07) is 28.6. The van der Waals surface area contributed by atoms with Crippen LogP contribution >= 0.6 is 0 Å². The summed E-state index contributed by atoms with van der Waals surface area (Å²) < 4.78 is 34.0. The van der Waals surface area contributed by atoms with E-state index in [0.29, 0.717) is 27.8 Å². The Morgan fingerprint density at radius 3 is 1.82 bits per heavy atom. The first-order chi connectivity index (χ1) is 19.1. The highest BCUT2D eigenvalue weighted by atomic mass is 32.2. The average Bonchev–Trinajstić information content (AvgIpc) is 2.96. The third-order valence-corrected chi connectivity index (χ3v) is 7.58. The maximum atomic E-state index is 12.1. The van der Waals surface area contributed by atoms with Crippen molar-refractivity contribution in [3.8, 4) is 5.75 Å². The minimum absolute atomic E-state index is 0.136. The lowest BCUT2D eigenvalue weighted by Crippen LogP contribution is -2.05. The summed E-state index contributed by atoms with van der Waals surface area (Å²) in [6.45, 7) is 1.75. The quantitative estimate of drug-likeness (QED) is 0.131. The third-order valence-electron chi connectivity index (χ3n) is 6.69. The summed E-state index contributed by atoms with van der Waals surface area (Å²) >= 11 is 0. The zero-order valence-electron chi connectivity index (χ0n) is 21.4. The Morgan fingerprint density at radius 2 is 1.23 bits per heavy atom. The fraction of sp³-hybridized carbons (Fsp3) is 0.0968. The lowest BCUT2D eigenvalue weighted by Gasteiger charge is -2.19. The van der Waals surface area contributed by atoms with Crippen LogP contribution in [0.4, 0.5) is 11.4 Å². The second kappa shape index (κ2) is 11.0. The van der Waals surface area contributed by atoms with Crippen LogP contribution in [0.15, 0.2) is 118 Å². The normalized spacial score (nSPS) is 13.5. The van der Waals surface area contributed by atoms with Gasteiger partial charge in [-0.1, -0.05) is 91.0 Å². The molecule has 5 aromatic carbocycles. The number of hydrogen-bond acceptors (Lipinski definition) is 7. The lowest BCUT2D eigenvalue weighted by molar-refractivity contribution is 0.214. The molecule has 0 fully saturated rings. The van der Waals surface area contributed by atoms with Gasteiger partial charge in [0, 0.05) is 16.3 Å². The second-order valence-corrected chi connectivity index (χ2v) is 10.8. The molecular formula is C31H26N2O6S. The number of rotatable bonds is 7. The molecule has 0 heterocycles. The van der Waals surface area contributed by atoms with Crippen LogP contribution in [0.5, 0.6) is 5.75 Å². The number of fused-ring (bicyclic) bond motifs is 1. The van der Waals surface area contributed by atoms with Crippen molar-refractivity contribution < 1.29 is 28.3 Å². The van der Waals surface area contributed by atoms with E-state index in [1.165, 1.54) is 12.1 Å². The van der Waals surface area contributed by atoms with Crippen LogP contribution in [-0.2, 0) is 10.1 Å². The molecule has 5 rings (SSSR count). The highest BCUT2D eigenvalue weighted by Gasteiger charge is 2.22. The molecule has 4 N–H and O–H groups in total. The van der Waals surface area contributed by atoms with Gasteiger partial charge in [0.15, 0.2) is 5.75 Å². The van der Waals surface area contributed by atoms with Gasteiger partial charge in [0.1, 0.15) is 22.8 Å². The van der Waals surface area contributed by atoms with Gasteiger partial charge in [0.25, 0.3) is 10.1 Å². The minimum Gasteiger partial charge on any atom is -0.505 e. The predicted molar refractivity (Wildman–Crippen MR) is 152 cm³/mol. The molecule has 0 spiro atoms. The van der Waals surface area contributed by atoms with E-state index < -0.39 is 27.2 Å². The number of hydrogen-bond donors (Lipinski definition) is 4. The van der Waals surface area contributed by atoms with E-state index in [9.17, 15) is 28.3 Å². The average molecular weight is 555 g/mol. The molecule has 0 bridgehead atoms. The van der Waals surface area contributed by atoms with E-state index in [-0.39, 0.29) is 27.9 Å². The van der Waals surface area contributed by atoms with Gasteiger partial charge in [0.2, 0.25) is 0 Å². The lowest BCUT2D eigenvalue weighted by atomic mass is 9.92. The summed E-state index contributed by atoms with van der Waals surface area (Å²) in [5, 5.41) is 42.1. The van der Waals surface area contributed by atoms with Crippen LogP contribution in [0, 0.1) is 6.92 Å². The Bertz CT molecular complexity index is 1820. The summed E-state index contributed by atoms with van der Waals surface area (Å²) in [7, 11) is -4.64. The van der Waals surface area contributed by atoms with Crippen molar-refractivity contribution in [1.29, 1.82) is 0 Å². The Morgan fingerprint density at radius 1 is 0.675 bits per heavy atom. The minimum atomic E-state index is -4.64. The van der Waals surface area contributed by atoms with Crippen molar-refractivity contribution in [2.75, 3.05) is 0 Å². The van der Waals surface area contributed by atoms with Crippen molar-refractivity contribution in [1.82, 2.24) is 0 Å². The number of nitrogens with zero attached hydrogens (tertiary/aromatic N) is 2. The molecular weight excluding hydrogens is 528 g/mol. The van der Waals surface area contributed by atoms with Crippen molar-refractivity contribution in [2.45, 2.75) is 24.0 Å². The largest absolute Gasteiger partial charge is 0.505 e. The van der Waals surface area contributed by atoms with Gasteiger partial charge >= 0.3 is 0 Å². The first-order valence-corrected chi connectivity index (χ1v) is 13.8. The Labute approximate surface area is 231 Å². The number of aliphatic hydroxyl groups is 2. The molecule has 0 aliphatic heterocycles. The SMILES string of the molecule is Cc1cc(C(O)c2ccccc2)cc(C(O)c2ccccc2)c1N=Nc1cc(S(=O)(=O)O)c2ccccc2c1O. The van der Waals surface area contributed by atoms with Gasteiger partial charge in [-0.2, -0.15) is 8.42 Å². The summed E-state index contributed by atoms with van der Waals surface area (Å²) in [6.07, 6.45) is -2.09. The molecule has 0 aliphatic carbocycles. The molecule has 40 heavy (non-hydrogen) atoms. The maximum absolute atomic E-state index is 12.1. The summed E-state index contributed by atoms with van der Waals surface area (Å²) in [5.41, 5.74) is 2.84. The van der Waals surface area contributed by atoms with Crippen molar-refractivity contribution >= 4 is 32.3 Å². The smallest absolute Gasteiger partial charge is 0.295 e. The van der Waals surface area contributed by atoms with E-state index in [0.717, 1.165) is 6.07 Å². The maximum Gasteiger partial charge on any atom is 0.295 e. The molecule has 0 radical (unpaired) electrons. The summed E-state index contributed by atoms with van der Waals surface area (Å²) in [5.74, 6) is -0.314. The summed E-state index contributed by atoms with van der Waals surface area (Å²) in [4.78, 5) is -0.419. The molecule has 8 nitrogen and oxygen atoms in total. The number of azo groups is 1. The van der Waals surface area contributed by atoms with Crippen LogP contribution in [0.25, 0.3) is 10.8 Å². The van der Waals surface area contributed by atoms with Crippen LogP contribution in [-0.4, -0.2) is 28.3 Å². The Balaban J connectivity index is 1.67. The number of aliphatic hydroxyl groups excluding tert-OH is 2. The van der Waals surface area contributed by atoms with Crippen molar-refractivity contribution in [2.24, 2.45) is 10.2 Å². The molecule has 202 valence electrons. The highest BCUT2D eigenvalue weighted by molar-refractivity contribution is 7.86. The monoisotopic (exact) mass is 554 g/mol. The highest BCUT2D eigenvalue weighted by Crippen LogP contribution is 2.42. The molecule has 0 amide bonds. The van der Waals surface area contributed by atoms with Gasteiger partial charge in [-0.05, 0) is 41.3 Å². The molecule has 2 atom stereocenters. The van der Waals surface area contributed by atoms with E-state index in [1.807, 2.05) is 24.3 Å². The number of aryl methyl sites for hydroxylation is 1. The van der Waals surface area contributed by atoms with Crippen LogP contribution in [0.1, 0.15) is 40.0 Å². The second-order valence-electron chi connectivity index (χ2n) is 9.37. The van der Waals surface area contributed by atoms with E-state index in [4.69, 9.17) is 0 Å². The van der Waals surface area contributed by atoms with E-state index in [1.54, 1.807) is 67.6 Å². The zero-order valence-corrected chi connectivity index (χ0v) is 22.2. The van der Waals surface area contributed by atoms with Crippen LogP contribution in [0.3, 0.4) is 0 Å². The van der Waals surface area contributed by atoms with Gasteiger partial charge < -0.3 is 15.3 Å². The van der Waals surface area contributed by atoms with Crippen molar-refractivity contribution in [3.05, 3.63) is 131 Å². The zero-order chi connectivity index (χ0) is 28.4. The molecule has 5 aromatic rings. The molecule has 0 saturated heterocycles. The Hall–Kier alpha value is -4.41. The number of phenolic OH excluding ortho intramolecular Hbond substituents is 1. The fourth-order valence-corrected chi connectivity index (χ4v) is 5.40. The molecule has 0 aromatic heterocycles. The first kappa shape index (κ1) is 27.2. The third kappa shape index (κ3) is 5.36. The molecule has 0 saturated carbocycles. The van der Waals surface area contributed by atoms with E-state index in [2.05, 4.69) is 10.2 Å². The van der Waals surface area contributed by atoms with E-state index >= 15 is 0 Å². The standard InChI is InChI=1S/C31H26N2O6S/c1-19-16-22(29(34)20-10-4-2-5-11-20)17-25(30(35)21-12-6-3-7-13-21)28(19)33-32-26-18-27(40(37,38)39)23-14-8-9-15-24(23)31(26)36/h2-18,29-30,34-36H,1H3,(H,37,38,39). The van der Waals surface area contributed by atoms with Gasteiger partial charge in [-0.15, -0.1) is 10.2 Å². The topological polar surface area (TPSA) is 140 Å². The number of aromatic hydroxyl groups is 1. The fourth-order valence-electron chi connectivity index (χ4n) is 4.69. The molecule has 9 heteroatoms. The van der Waals surface area contributed by atoms with Gasteiger partial charge in [0.05, 0.1) is 5.69 Å². The van der Waals surface area contributed by atoms with Gasteiger partial charge in [-0.3, -0.25) is 4.55 Å². The Kier molecular flexibility index (Phi) is 7.46. The first-order valence-electron chi connectivity index (χ1n) is 12.4. The van der Waals surface area contributed by atoms with Crippen LogP contribution < -0.4 is 0 Å².